The molecule has 1 heterocycles. The molecule has 1 radical (unpaired) electrons. The molecule has 0 saturated carbocycles. The summed E-state index contributed by atoms with van der Waals surface area (Å²) in [6.45, 7) is 1.48. The summed E-state index contributed by atoms with van der Waals surface area (Å²) in [4.78, 5) is 19.7. The average molecular weight is 777 g/mol. The zero-order valence-electron chi connectivity index (χ0n) is 27.8. The number of hydrogen-bond acceptors (Lipinski definition) is 15. The summed E-state index contributed by atoms with van der Waals surface area (Å²) < 4.78 is 23.9. The van der Waals surface area contributed by atoms with Crippen molar-refractivity contribution in [1.29, 1.82) is 0 Å². The fourth-order valence-electron chi connectivity index (χ4n) is 4.52. The van der Waals surface area contributed by atoms with Gasteiger partial charge in [0.05, 0.1) is 43.2 Å². The summed E-state index contributed by atoms with van der Waals surface area (Å²) in [5, 5.41) is 95.1. The van der Waals surface area contributed by atoms with E-state index in [9.17, 15) is 49.1 Å². The second-order valence-corrected chi connectivity index (χ2v) is 12.1. The molecule has 0 bridgehead atoms. The Morgan fingerprint density at radius 3 is 1.81 bits per heavy atom. The monoisotopic (exact) mass is 776 g/mol. The quantitative estimate of drug-likeness (QED) is 0.125. The Labute approximate surface area is 310 Å². The van der Waals surface area contributed by atoms with Crippen molar-refractivity contribution < 1.29 is 57.5 Å². The molecule has 53 heavy (non-hydrogen) atoms. The SMILES string of the molecule is Cc1nn(-c2cccc(S(N)(=O)=O)c2)c([O-])c1N=Nc1ccc([N+](=O)[O-])cc1[O-].O=[N+]([O-])c1ccc(N=Nc2c([O-])ccc3ccccc23)c([O-])c1.[Cr+3].[H+]. The summed E-state index contributed by atoms with van der Waals surface area (Å²) in [6, 6.07) is 21.8. The van der Waals surface area contributed by atoms with Gasteiger partial charge in [0.2, 0.25) is 10.0 Å². The van der Waals surface area contributed by atoms with E-state index in [1.807, 2.05) is 12.1 Å². The Balaban J connectivity index is 0.000000287. The molecule has 19 nitrogen and oxygen atoms in total. The molecule has 0 saturated heterocycles. The van der Waals surface area contributed by atoms with Gasteiger partial charge in [-0.1, -0.05) is 59.7 Å². The van der Waals surface area contributed by atoms with Crippen molar-refractivity contribution in [2.45, 2.75) is 11.8 Å². The number of azo groups is 2. The number of benzene rings is 5. The van der Waals surface area contributed by atoms with E-state index in [1.54, 1.807) is 18.2 Å². The molecule has 0 amide bonds. The van der Waals surface area contributed by atoms with E-state index >= 15 is 0 Å². The van der Waals surface area contributed by atoms with E-state index in [0.717, 1.165) is 40.4 Å². The molecule has 0 aliphatic rings. The van der Waals surface area contributed by atoms with Gasteiger partial charge >= 0.3 is 18.8 Å². The second kappa shape index (κ2) is 16.0. The van der Waals surface area contributed by atoms with Gasteiger partial charge in [-0.15, -0.1) is 5.11 Å². The van der Waals surface area contributed by atoms with Crippen LogP contribution < -0.4 is 25.6 Å². The third-order valence-electron chi connectivity index (χ3n) is 7.07. The van der Waals surface area contributed by atoms with Crippen molar-refractivity contribution in [3.05, 3.63) is 123 Å². The molecular formula is C32H22CrN9O10S. The Morgan fingerprint density at radius 2 is 1.26 bits per heavy atom. The number of primary sulfonamides is 1. The third-order valence-corrected chi connectivity index (χ3v) is 7.98. The van der Waals surface area contributed by atoms with E-state index < -0.39 is 42.9 Å². The van der Waals surface area contributed by atoms with Crippen LogP contribution in [0, 0.1) is 27.2 Å². The predicted octanol–water partition coefficient (Wildman–Crippen LogP) is 4.72. The largest absolute Gasteiger partial charge is 3.00 e. The van der Waals surface area contributed by atoms with Gasteiger partial charge in [-0.05, 0) is 42.6 Å². The zero-order chi connectivity index (χ0) is 37.7. The number of nitro groups is 2. The number of nitrogens with zero attached hydrogens (tertiary/aromatic N) is 8. The Kier molecular flexibility index (Phi) is 11.8. The fourth-order valence-corrected chi connectivity index (χ4v) is 5.08. The smallest absolute Gasteiger partial charge is 0.871 e. The number of aryl methyl sites for hydroxylation is 1. The van der Waals surface area contributed by atoms with Crippen LogP contribution in [0.1, 0.15) is 7.12 Å². The van der Waals surface area contributed by atoms with Gasteiger partial charge in [-0.3, -0.25) is 20.2 Å². The topological polar surface area (TPSA) is 306 Å². The van der Waals surface area contributed by atoms with Crippen LogP contribution in [0.5, 0.6) is 23.1 Å². The Morgan fingerprint density at radius 1 is 0.698 bits per heavy atom. The molecule has 6 aromatic rings. The number of nitrogens with two attached hydrogens (primary N) is 1. The first-order valence-corrected chi connectivity index (χ1v) is 16.0. The summed E-state index contributed by atoms with van der Waals surface area (Å²) in [5.41, 5.74) is -0.702. The molecular weight excluding hydrogens is 754 g/mol. The minimum atomic E-state index is -3.98. The second-order valence-electron chi connectivity index (χ2n) is 10.5. The number of sulfonamides is 1. The Bertz CT molecular complexity index is 2550. The molecule has 21 heteroatoms. The first-order chi connectivity index (χ1) is 24.6. The Hall–Kier alpha value is -6.79. The standard InChI is InChI=1S/C16H14N6O6S.C16H11N3O4.Cr/c1-9-15(19-18-13-6-5-11(22(25)26)8-14(13)23)16(24)21(20-9)10-3-2-4-12(7-10)29(17,27)28;20-14-8-5-10-3-1-2-4-12(10)16(14)18-17-13-7-6-11(19(22)23)9-15(13)21;/h2-8,23-24H,1H3,(H2,17,27,28);1-9,20-21H;/q;;+3/p-3. The van der Waals surface area contributed by atoms with Crippen molar-refractivity contribution in [3.8, 4) is 28.8 Å². The normalized spacial score (nSPS) is 11.3. The van der Waals surface area contributed by atoms with Gasteiger partial charge in [0.1, 0.15) is 5.69 Å². The van der Waals surface area contributed by atoms with Gasteiger partial charge in [-0.2, -0.15) is 20.4 Å². The molecule has 0 unspecified atom stereocenters. The van der Waals surface area contributed by atoms with Crippen LogP contribution in [0.4, 0.5) is 34.1 Å². The number of rotatable bonds is 8. The van der Waals surface area contributed by atoms with Crippen LogP contribution in [-0.4, -0.2) is 28.0 Å². The van der Waals surface area contributed by atoms with E-state index in [-0.39, 0.29) is 69.3 Å². The van der Waals surface area contributed by atoms with Crippen molar-refractivity contribution in [3.63, 3.8) is 0 Å². The molecule has 0 aliphatic carbocycles. The molecule has 2 N–H and O–H groups in total. The zero-order valence-corrected chi connectivity index (χ0v) is 28.9. The van der Waals surface area contributed by atoms with Gasteiger partial charge in [0, 0.05) is 35.5 Å². The molecule has 267 valence electrons. The molecule has 6 rings (SSSR count). The van der Waals surface area contributed by atoms with E-state index in [2.05, 4.69) is 25.6 Å². The molecule has 5 aromatic carbocycles. The van der Waals surface area contributed by atoms with Gasteiger partial charge in [0.15, 0.2) is 0 Å². The molecule has 0 atom stereocenters. The first kappa shape index (κ1) is 39.0. The van der Waals surface area contributed by atoms with Gasteiger partial charge in [0.25, 0.3) is 11.4 Å². The fraction of sp³-hybridized carbons (Fsp3) is 0.0312. The predicted molar refractivity (Wildman–Crippen MR) is 177 cm³/mol. The van der Waals surface area contributed by atoms with Crippen LogP contribution in [0.15, 0.2) is 122 Å². The molecule has 1 aromatic heterocycles. The number of non-ortho nitro benzene ring substituents is 2. The van der Waals surface area contributed by atoms with Gasteiger partial charge < -0.3 is 20.4 Å². The van der Waals surface area contributed by atoms with E-state index in [4.69, 9.17) is 5.14 Å². The first-order valence-electron chi connectivity index (χ1n) is 14.5. The maximum Gasteiger partial charge on any atom is 3.00 e. The maximum atomic E-state index is 12.6. The van der Waals surface area contributed by atoms with Crippen LogP contribution >= 0.6 is 0 Å². The number of nitro benzene ring substituents is 2. The summed E-state index contributed by atoms with van der Waals surface area (Å²) in [5.74, 6) is -2.38. The number of fused-ring (bicyclic) bond motifs is 1. The van der Waals surface area contributed by atoms with Crippen LogP contribution in [-0.2, 0) is 27.4 Å². The molecule has 0 fully saturated rings. The van der Waals surface area contributed by atoms with Gasteiger partial charge in [-0.25, -0.2) is 18.2 Å². The minimum Gasteiger partial charge on any atom is -0.871 e. The van der Waals surface area contributed by atoms with E-state index in [1.165, 1.54) is 43.3 Å². The van der Waals surface area contributed by atoms with E-state index in [0.29, 0.717) is 5.39 Å². The van der Waals surface area contributed by atoms with Crippen LogP contribution in [0.3, 0.4) is 0 Å². The van der Waals surface area contributed by atoms with Crippen molar-refractivity contribution in [2.75, 3.05) is 0 Å². The van der Waals surface area contributed by atoms with Crippen molar-refractivity contribution in [2.24, 2.45) is 25.6 Å². The van der Waals surface area contributed by atoms with Crippen LogP contribution in [0.2, 0.25) is 0 Å². The van der Waals surface area contributed by atoms with Crippen molar-refractivity contribution >= 4 is 54.9 Å². The molecule has 0 aliphatic heterocycles. The maximum absolute atomic E-state index is 12.6. The summed E-state index contributed by atoms with van der Waals surface area (Å²) in [7, 11) is -3.98. The van der Waals surface area contributed by atoms with Crippen molar-refractivity contribution in [1.82, 2.24) is 9.78 Å². The number of aromatic nitrogens is 2. The average Bonchev–Trinajstić information content (AvgIpc) is 3.39. The summed E-state index contributed by atoms with van der Waals surface area (Å²) >= 11 is 0. The summed E-state index contributed by atoms with van der Waals surface area (Å²) in [6.07, 6.45) is 0. The number of hydrogen-bond donors (Lipinski definition) is 1. The third kappa shape index (κ3) is 8.93. The molecule has 0 spiro atoms. The minimum absolute atomic E-state index is 0. The van der Waals surface area contributed by atoms with Crippen LogP contribution in [0.25, 0.3) is 16.5 Å².